The van der Waals surface area contributed by atoms with E-state index in [2.05, 4.69) is 0 Å². The average Bonchev–Trinajstić information content (AvgIpc) is 2.74. The molecule has 1 aliphatic carbocycles. The first-order valence-electron chi connectivity index (χ1n) is 6.36. The summed E-state index contributed by atoms with van der Waals surface area (Å²) in [6.45, 7) is 1.14. The van der Waals surface area contributed by atoms with Crippen LogP contribution in [-0.4, -0.2) is 41.0 Å². The maximum absolute atomic E-state index is 12.2. The number of carboxylic acids is 1. The van der Waals surface area contributed by atoms with Gasteiger partial charge in [-0.2, -0.15) is 0 Å². The van der Waals surface area contributed by atoms with Crippen LogP contribution in [0.4, 0.5) is 0 Å². The lowest BCUT2D eigenvalue weighted by Gasteiger charge is -2.32. The number of carbonyl (C=O) groups is 2. The van der Waals surface area contributed by atoms with E-state index in [0.717, 1.165) is 19.3 Å². The molecule has 1 saturated carbocycles. The van der Waals surface area contributed by atoms with Gasteiger partial charge in [0.25, 0.3) is 0 Å². The van der Waals surface area contributed by atoms with Crippen LogP contribution in [0, 0.1) is 11.8 Å². The van der Waals surface area contributed by atoms with Crippen LogP contribution < -0.4 is 5.73 Å². The summed E-state index contributed by atoms with van der Waals surface area (Å²) in [5, 5.41) is 8.89. The summed E-state index contributed by atoms with van der Waals surface area (Å²) in [4.78, 5) is 24.8. The molecule has 2 rings (SSSR count). The summed E-state index contributed by atoms with van der Waals surface area (Å²) in [6, 6.07) is -0.000280. The summed E-state index contributed by atoms with van der Waals surface area (Å²) in [6.07, 6.45) is 4.00. The first kappa shape index (κ1) is 12.4. The number of rotatable bonds is 2. The van der Waals surface area contributed by atoms with Crippen LogP contribution in [0.5, 0.6) is 0 Å². The van der Waals surface area contributed by atoms with Crippen LogP contribution in [0.1, 0.15) is 32.1 Å². The predicted octanol–water partition coefficient (Wildman–Crippen LogP) is 0.437. The molecule has 0 radical (unpaired) electrons. The molecule has 5 nitrogen and oxygen atoms in total. The molecule has 2 fully saturated rings. The van der Waals surface area contributed by atoms with Gasteiger partial charge < -0.3 is 15.7 Å². The van der Waals surface area contributed by atoms with Gasteiger partial charge in [-0.3, -0.25) is 9.59 Å². The van der Waals surface area contributed by atoms with E-state index in [1.807, 2.05) is 0 Å². The van der Waals surface area contributed by atoms with Gasteiger partial charge in [0.2, 0.25) is 5.91 Å². The Morgan fingerprint density at radius 3 is 2.24 bits per heavy atom. The van der Waals surface area contributed by atoms with Crippen molar-refractivity contribution in [2.75, 3.05) is 13.1 Å². The molecule has 2 atom stereocenters. The van der Waals surface area contributed by atoms with Gasteiger partial charge in [-0.25, -0.2) is 0 Å². The van der Waals surface area contributed by atoms with Crippen LogP contribution in [-0.2, 0) is 9.59 Å². The molecule has 1 heterocycles. The second kappa shape index (κ2) is 5.04. The molecular formula is C12H20N2O3. The fourth-order valence-electron chi connectivity index (χ4n) is 2.88. The molecule has 1 aliphatic heterocycles. The van der Waals surface area contributed by atoms with E-state index < -0.39 is 5.97 Å². The van der Waals surface area contributed by atoms with Crippen LogP contribution >= 0.6 is 0 Å². The number of likely N-dealkylation sites (tertiary alicyclic amines) is 1. The third kappa shape index (κ3) is 2.60. The Morgan fingerprint density at radius 2 is 1.76 bits per heavy atom. The molecular weight excluding hydrogens is 220 g/mol. The fraction of sp³-hybridized carbons (Fsp3) is 0.833. The number of carbonyl (C=O) groups excluding carboxylic acids is 1. The number of amides is 1. The minimum atomic E-state index is -0.741. The Hall–Kier alpha value is -1.10. The Balaban J connectivity index is 1.88. The SMILES string of the molecule is NC1CCCC1C(=O)N1CCC(C(=O)O)CC1. The van der Waals surface area contributed by atoms with Crippen LogP contribution in [0.2, 0.25) is 0 Å². The molecule has 17 heavy (non-hydrogen) atoms. The van der Waals surface area contributed by atoms with Crippen LogP contribution in [0.25, 0.3) is 0 Å². The molecule has 0 aromatic heterocycles. The number of carboxylic acid groups (broad SMARTS) is 1. The zero-order chi connectivity index (χ0) is 12.4. The summed E-state index contributed by atoms with van der Waals surface area (Å²) >= 11 is 0. The van der Waals surface area contributed by atoms with Gasteiger partial charge in [-0.05, 0) is 25.7 Å². The Bertz CT molecular complexity index is 311. The van der Waals surface area contributed by atoms with Crippen LogP contribution in [0.15, 0.2) is 0 Å². The van der Waals surface area contributed by atoms with Crippen molar-refractivity contribution in [2.24, 2.45) is 17.6 Å². The Kier molecular flexibility index (Phi) is 3.66. The first-order chi connectivity index (χ1) is 8.09. The maximum Gasteiger partial charge on any atom is 0.306 e. The fourth-order valence-corrected chi connectivity index (χ4v) is 2.88. The van der Waals surface area contributed by atoms with Crippen molar-refractivity contribution in [1.82, 2.24) is 4.90 Å². The smallest absolute Gasteiger partial charge is 0.306 e. The van der Waals surface area contributed by atoms with Crippen molar-refractivity contribution in [3.05, 3.63) is 0 Å². The zero-order valence-corrected chi connectivity index (χ0v) is 9.97. The number of hydrogen-bond donors (Lipinski definition) is 2. The summed E-state index contributed by atoms with van der Waals surface area (Å²) in [5.74, 6) is -0.916. The van der Waals surface area contributed by atoms with Gasteiger partial charge in [0.05, 0.1) is 11.8 Å². The number of nitrogens with zero attached hydrogens (tertiary/aromatic N) is 1. The van der Waals surface area contributed by atoms with Crippen molar-refractivity contribution >= 4 is 11.9 Å². The molecule has 1 amide bonds. The molecule has 5 heteroatoms. The summed E-state index contributed by atoms with van der Waals surface area (Å²) in [5.41, 5.74) is 5.92. The molecule has 2 unspecified atom stereocenters. The number of aliphatic carboxylic acids is 1. The van der Waals surface area contributed by atoms with Gasteiger partial charge >= 0.3 is 5.97 Å². The molecule has 96 valence electrons. The molecule has 0 spiro atoms. The van der Waals surface area contributed by atoms with Gasteiger partial charge in [0.1, 0.15) is 0 Å². The third-order valence-electron chi connectivity index (χ3n) is 4.04. The van der Waals surface area contributed by atoms with E-state index in [1.54, 1.807) is 4.90 Å². The largest absolute Gasteiger partial charge is 0.481 e. The highest BCUT2D eigenvalue weighted by molar-refractivity contribution is 5.80. The van der Waals surface area contributed by atoms with E-state index in [4.69, 9.17) is 10.8 Å². The van der Waals surface area contributed by atoms with Crippen molar-refractivity contribution in [3.8, 4) is 0 Å². The lowest BCUT2D eigenvalue weighted by molar-refractivity contribution is -0.146. The molecule has 2 aliphatic rings. The second-order valence-electron chi connectivity index (χ2n) is 5.14. The number of hydrogen-bond acceptors (Lipinski definition) is 3. The van der Waals surface area contributed by atoms with Crippen molar-refractivity contribution in [2.45, 2.75) is 38.1 Å². The lowest BCUT2D eigenvalue weighted by Crippen LogP contribution is -2.46. The van der Waals surface area contributed by atoms with E-state index in [0.29, 0.717) is 25.9 Å². The predicted molar refractivity (Wildman–Crippen MR) is 62.3 cm³/mol. The molecule has 0 aromatic carbocycles. The van der Waals surface area contributed by atoms with Gasteiger partial charge in [-0.15, -0.1) is 0 Å². The standard InChI is InChI=1S/C12H20N2O3/c13-10-3-1-2-9(10)11(15)14-6-4-8(5-7-14)12(16)17/h8-10H,1-7,13H2,(H,16,17). The van der Waals surface area contributed by atoms with Crippen molar-refractivity contribution < 1.29 is 14.7 Å². The normalized spacial score (nSPS) is 30.5. The average molecular weight is 240 g/mol. The summed E-state index contributed by atoms with van der Waals surface area (Å²) < 4.78 is 0. The molecule has 0 aromatic rings. The van der Waals surface area contributed by atoms with E-state index in [-0.39, 0.29) is 23.8 Å². The van der Waals surface area contributed by atoms with Gasteiger partial charge in [-0.1, -0.05) is 6.42 Å². The molecule has 3 N–H and O–H groups in total. The van der Waals surface area contributed by atoms with Crippen molar-refractivity contribution in [3.63, 3.8) is 0 Å². The topological polar surface area (TPSA) is 83.6 Å². The molecule has 1 saturated heterocycles. The van der Waals surface area contributed by atoms with Gasteiger partial charge in [0, 0.05) is 19.1 Å². The first-order valence-corrected chi connectivity index (χ1v) is 6.36. The second-order valence-corrected chi connectivity index (χ2v) is 5.14. The number of nitrogens with two attached hydrogens (primary N) is 1. The maximum atomic E-state index is 12.2. The minimum absolute atomic E-state index is 0.000280. The monoisotopic (exact) mass is 240 g/mol. The highest BCUT2D eigenvalue weighted by Crippen LogP contribution is 2.27. The Labute approximate surface area is 101 Å². The third-order valence-corrected chi connectivity index (χ3v) is 4.04. The quantitative estimate of drug-likeness (QED) is 0.733. The van der Waals surface area contributed by atoms with Crippen LogP contribution in [0.3, 0.4) is 0 Å². The zero-order valence-electron chi connectivity index (χ0n) is 9.97. The minimum Gasteiger partial charge on any atom is -0.481 e. The van der Waals surface area contributed by atoms with Gasteiger partial charge in [0.15, 0.2) is 0 Å². The number of piperidine rings is 1. The summed E-state index contributed by atoms with van der Waals surface area (Å²) in [7, 11) is 0. The lowest BCUT2D eigenvalue weighted by atomic mass is 9.95. The van der Waals surface area contributed by atoms with E-state index in [9.17, 15) is 9.59 Å². The highest BCUT2D eigenvalue weighted by Gasteiger charge is 2.35. The molecule has 0 bridgehead atoms. The highest BCUT2D eigenvalue weighted by atomic mass is 16.4. The Morgan fingerprint density at radius 1 is 1.12 bits per heavy atom. The van der Waals surface area contributed by atoms with Crippen molar-refractivity contribution in [1.29, 1.82) is 0 Å². The van der Waals surface area contributed by atoms with E-state index in [1.165, 1.54) is 0 Å². The van der Waals surface area contributed by atoms with E-state index >= 15 is 0 Å².